The van der Waals surface area contributed by atoms with Crippen LogP contribution >= 0.6 is 11.8 Å². The summed E-state index contributed by atoms with van der Waals surface area (Å²) in [6.07, 6.45) is 1.86. The van der Waals surface area contributed by atoms with Crippen LogP contribution in [0.1, 0.15) is 18.1 Å². The highest BCUT2D eigenvalue weighted by atomic mass is 32.2. The fraction of sp³-hybridized carbons (Fsp3) is 0.103. The van der Waals surface area contributed by atoms with Gasteiger partial charge in [-0.1, -0.05) is 48.5 Å². The van der Waals surface area contributed by atoms with Gasteiger partial charge in [0.25, 0.3) is 5.91 Å². The van der Waals surface area contributed by atoms with E-state index < -0.39 is 0 Å². The van der Waals surface area contributed by atoms with Crippen molar-refractivity contribution in [2.45, 2.75) is 13.5 Å². The zero-order valence-corrected chi connectivity index (χ0v) is 20.0. The standard InChI is InChI=1S/C29H23FN2O2S/c1-2-32-28(33)27(35-29(32)31-25-13-11-24(30)12-14-25)18-20-8-15-26(16-9-20)34-19-21-7-10-22-5-3-4-6-23(22)17-21/h3-18H,2,19H2,1H3/b27-18+,31-29?. The first kappa shape index (κ1) is 22.9. The van der Waals surface area contributed by atoms with Crippen LogP contribution in [0.4, 0.5) is 10.1 Å². The Morgan fingerprint density at radius 3 is 2.43 bits per heavy atom. The second kappa shape index (κ2) is 10.2. The third-order valence-electron chi connectivity index (χ3n) is 5.65. The normalized spacial score (nSPS) is 15.9. The van der Waals surface area contributed by atoms with Crippen LogP contribution < -0.4 is 4.74 Å². The van der Waals surface area contributed by atoms with E-state index in [-0.39, 0.29) is 11.7 Å². The van der Waals surface area contributed by atoms with Crippen LogP contribution in [0.25, 0.3) is 16.8 Å². The van der Waals surface area contributed by atoms with E-state index in [0.717, 1.165) is 16.9 Å². The Labute approximate surface area is 207 Å². The van der Waals surface area contributed by atoms with Gasteiger partial charge in [0.2, 0.25) is 0 Å². The Bertz CT molecular complexity index is 1430. The molecule has 0 unspecified atom stereocenters. The molecular formula is C29H23FN2O2S. The number of carbonyl (C=O) groups excluding carboxylic acids is 1. The molecule has 6 heteroatoms. The van der Waals surface area contributed by atoms with E-state index >= 15 is 0 Å². The van der Waals surface area contributed by atoms with Crippen molar-refractivity contribution in [3.05, 3.63) is 113 Å². The van der Waals surface area contributed by atoms with Crippen LogP contribution in [-0.4, -0.2) is 22.5 Å². The molecule has 1 amide bonds. The minimum Gasteiger partial charge on any atom is -0.489 e. The highest BCUT2D eigenvalue weighted by molar-refractivity contribution is 8.18. The number of benzene rings is 4. The minimum absolute atomic E-state index is 0.0880. The summed E-state index contributed by atoms with van der Waals surface area (Å²) in [7, 11) is 0. The van der Waals surface area contributed by atoms with Gasteiger partial charge < -0.3 is 4.74 Å². The predicted octanol–water partition coefficient (Wildman–Crippen LogP) is 7.18. The number of aliphatic imine (C=N–C) groups is 1. The molecule has 0 radical (unpaired) electrons. The summed E-state index contributed by atoms with van der Waals surface area (Å²) >= 11 is 1.32. The maximum absolute atomic E-state index is 13.2. The molecule has 1 saturated heterocycles. The lowest BCUT2D eigenvalue weighted by molar-refractivity contribution is -0.122. The summed E-state index contributed by atoms with van der Waals surface area (Å²) in [5, 5.41) is 2.99. The Morgan fingerprint density at radius 1 is 0.943 bits per heavy atom. The van der Waals surface area contributed by atoms with Gasteiger partial charge >= 0.3 is 0 Å². The van der Waals surface area contributed by atoms with E-state index in [1.54, 1.807) is 17.0 Å². The number of hydrogen-bond acceptors (Lipinski definition) is 4. The maximum atomic E-state index is 13.2. The molecule has 0 spiro atoms. The number of fused-ring (bicyclic) bond motifs is 1. The monoisotopic (exact) mass is 482 g/mol. The zero-order chi connectivity index (χ0) is 24.2. The Morgan fingerprint density at radius 2 is 1.69 bits per heavy atom. The fourth-order valence-corrected chi connectivity index (χ4v) is 4.87. The number of amidine groups is 1. The van der Waals surface area contributed by atoms with Crippen molar-refractivity contribution in [2.75, 3.05) is 6.54 Å². The Kier molecular flexibility index (Phi) is 6.64. The molecule has 0 atom stereocenters. The summed E-state index contributed by atoms with van der Waals surface area (Å²) in [6.45, 7) is 2.89. The van der Waals surface area contributed by atoms with Crippen LogP contribution in [0.3, 0.4) is 0 Å². The summed E-state index contributed by atoms with van der Waals surface area (Å²) in [5.41, 5.74) is 2.61. The van der Waals surface area contributed by atoms with Crippen LogP contribution in [0.15, 0.2) is 101 Å². The SMILES string of the molecule is CCN1C(=O)/C(=C\c2ccc(OCc3ccc4ccccc4c3)cc2)SC1=Nc1ccc(F)cc1. The fourth-order valence-electron chi connectivity index (χ4n) is 3.80. The molecule has 174 valence electrons. The number of halogens is 1. The maximum Gasteiger partial charge on any atom is 0.266 e. The largest absolute Gasteiger partial charge is 0.489 e. The number of hydrogen-bond donors (Lipinski definition) is 0. The van der Waals surface area contributed by atoms with E-state index in [1.807, 2.05) is 49.4 Å². The first-order valence-corrected chi connectivity index (χ1v) is 12.2. The highest BCUT2D eigenvalue weighted by Crippen LogP contribution is 2.34. The second-order valence-corrected chi connectivity index (χ2v) is 9.08. The number of carbonyl (C=O) groups is 1. The molecule has 5 rings (SSSR count). The first-order valence-electron chi connectivity index (χ1n) is 11.4. The molecule has 35 heavy (non-hydrogen) atoms. The Hall–Kier alpha value is -3.90. The molecule has 4 nitrogen and oxygen atoms in total. The topological polar surface area (TPSA) is 41.9 Å². The van der Waals surface area contributed by atoms with Crippen molar-refractivity contribution < 1.29 is 13.9 Å². The van der Waals surface area contributed by atoms with Crippen molar-refractivity contribution in [1.82, 2.24) is 4.90 Å². The summed E-state index contributed by atoms with van der Waals surface area (Å²) in [5.74, 6) is 0.358. The van der Waals surface area contributed by atoms with E-state index in [9.17, 15) is 9.18 Å². The molecule has 1 fully saturated rings. The minimum atomic E-state index is -0.318. The molecule has 4 aromatic carbocycles. The predicted molar refractivity (Wildman–Crippen MR) is 141 cm³/mol. The molecule has 0 N–H and O–H groups in total. The van der Waals surface area contributed by atoms with Crippen LogP contribution in [-0.2, 0) is 11.4 Å². The van der Waals surface area contributed by atoms with Crippen molar-refractivity contribution in [2.24, 2.45) is 4.99 Å². The number of rotatable bonds is 6. The molecule has 1 aliphatic rings. The van der Waals surface area contributed by atoms with Crippen LogP contribution in [0.5, 0.6) is 5.75 Å². The lowest BCUT2D eigenvalue weighted by Gasteiger charge is -2.11. The van der Waals surface area contributed by atoms with Crippen molar-refractivity contribution in [3.63, 3.8) is 0 Å². The Balaban J connectivity index is 1.27. The van der Waals surface area contributed by atoms with Crippen molar-refractivity contribution in [3.8, 4) is 5.75 Å². The van der Waals surface area contributed by atoms with Gasteiger partial charge in [0.15, 0.2) is 5.17 Å². The number of thioether (sulfide) groups is 1. The van der Waals surface area contributed by atoms with E-state index in [4.69, 9.17) is 4.74 Å². The average molecular weight is 483 g/mol. The number of ether oxygens (including phenoxy) is 1. The first-order chi connectivity index (χ1) is 17.1. The average Bonchev–Trinajstić information content (AvgIpc) is 3.18. The van der Waals surface area contributed by atoms with Gasteiger partial charge in [-0.05, 0) is 89.1 Å². The number of likely N-dealkylation sites (N-methyl/N-ethyl adjacent to an activating group) is 1. The van der Waals surface area contributed by atoms with Crippen LogP contribution in [0, 0.1) is 5.82 Å². The van der Waals surface area contributed by atoms with Gasteiger partial charge in [0.1, 0.15) is 18.2 Å². The van der Waals surface area contributed by atoms with Gasteiger partial charge in [-0.3, -0.25) is 9.69 Å². The number of nitrogens with zero attached hydrogens (tertiary/aromatic N) is 2. The quantitative estimate of drug-likeness (QED) is 0.273. The third kappa shape index (κ3) is 5.28. The second-order valence-electron chi connectivity index (χ2n) is 8.07. The number of amides is 1. The van der Waals surface area contributed by atoms with E-state index in [2.05, 4.69) is 35.3 Å². The van der Waals surface area contributed by atoms with Gasteiger partial charge in [-0.15, -0.1) is 0 Å². The van der Waals surface area contributed by atoms with Gasteiger partial charge in [0.05, 0.1) is 10.6 Å². The molecule has 1 aliphatic heterocycles. The molecule has 0 aliphatic carbocycles. The van der Waals surface area contributed by atoms with Gasteiger partial charge in [-0.2, -0.15) is 0 Å². The molecule has 1 heterocycles. The summed E-state index contributed by atoms with van der Waals surface area (Å²) in [4.78, 5) is 19.6. The molecule has 0 saturated carbocycles. The molecule has 0 aromatic heterocycles. The van der Waals surface area contributed by atoms with Crippen LogP contribution in [0.2, 0.25) is 0 Å². The van der Waals surface area contributed by atoms with Crippen molar-refractivity contribution in [1.29, 1.82) is 0 Å². The third-order valence-corrected chi connectivity index (χ3v) is 6.66. The lowest BCUT2D eigenvalue weighted by atomic mass is 10.1. The van der Waals surface area contributed by atoms with Gasteiger partial charge in [-0.25, -0.2) is 9.38 Å². The van der Waals surface area contributed by atoms with E-state index in [1.165, 1.54) is 34.7 Å². The van der Waals surface area contributed by atoms with Crippen molar-refractivity contribution >= 4 is 45.4 Å². The smallest absolute Gasteiger partial charge is 0.266 e. The van der Waals surface area contributed by atoms with E-state index in [0.29, 0.717) is 28.9 Å². The summed E-state index contributed by atoms with van der Waals surface area (Å²) in [6, 6.07) is 28.2. The van der Waals surface area contributed by atoms with Gasteiger partial charge in [0, 0.05) is 6.54 Å². The highest BCUT2D eigenvalue weighted by Gasteiger charge is 2.32. The zero-order valence-electron chi connectivity index (χ0n) is 19.1. The summed E-state index contributed by atoms with van der Waals surface area (Å²) < 4.78 is 19.2. The molecule has 4 aromatic rings. The molecule has 0 bridgehead atoms. The molecular weight excluding hydrogens is 459 g/mol. The lowest BCUT2D eigenvalue weighted by Crippen LogP contribution is -2.28.